The second-order valence-electron chi connectivity index (χ2n) is 6.01. The molecule has 1 aromatic rings. The van der Waals surface area contributed by atoms with Crippen LogP contribution < -0.4 is 10.5 Å². The van der Waals surface area contributed by atoms with E-state index in [2.05, 4.69) is 6.92 Å². The van der Waals surface area contributed by atoms with E-state index in [4.69, 9.17) is 10.5 Å². The summed E-state index contributed by atoms with van der Waals surface area (Å²) in [5.74, 6) is 0.706. The zero-order valence-electron chi connectivity index (χ0n) is 12.6. The normalized spacial score (nSPS) is 17.9. The van der Waals surface area contributed by atoms with Gasteiger partial charge in [0.1, 0.15) is 5.75 Å². The van der Waals surface area contributed by atoms with Gasteiger partial charge < -0.3 is 15.4 Å². The van der Waals surface area contributed by atoms with E-state index in [9.17, 15) is 4.79 Å². The van der Waals surface area contributed by atoms with Gasteiger partial charge in [0, 0.05) is 13.1 Å². The molecule has 1 saturated heterocycles. The van der Waals surface area contributed by atoms with Crippen LogP contribution in [0, 0.1) is 12.3 Å². The number of ether oxygens (including phenoxy) is 1. The van der Waals surface area contributed by atoms with Gasteiger partial charge in [-0.1, -0.05) is 18.6 Å². The topological polar surface area (TPSA) is 55.6 Å². The Kier molecular flexibility index (Phi) is 4.33. The number of amides is 1. The molecular formula is C16H24N2O2. The van der Waals surface area contributed by atoms with Gasteiger partial charge in [-0.15, -0.1) is 0 Å². The van der Waals surface area contributed by atoms with Crippen molar-refractivity contribution in [3.8, 4) is 5.75 Å². The lowest BCUT2D eigenvalue weighted by Gasteiger charge is -2.38. The second-order valence-corrected chi connectivity index (χ2v) is 6.01. The van der Waals surface area contributed by atoms with Crippen molar-refractivity contribution >= 4 is 5.91 Å². The fourth-order valence-corrected chi connectivity index (χ4v) is 2.61. The molecule has 0 bridgehead atoms. The van der Waals surface area contributed by atoms with Gasteiger partial charge in [0.15, 0.2) is 0 Å². The zero-order valence-corrected chi connectivity index (χ0v) is 12.6. The first-order valence-corrected chi connectivity index (χ1v) is 7.13. The largest absolute Gasteiger partial charge is 0.496 e. The molecule has 4 nitrogen and oxygen atoms in total. The molecule has 20 heavy (non-hydrogen) atoms. The van der Waals surface area contributed by atoms with E-state index in [0.717, 1.165) is 31.5 Å². The highest BCUT2D eigenvalue weighted by Crippen LogP contribution is 2.31. The number of piperidine rings is 1. The van der Waals surface area contributed by atoms with Crippen LogP contribution in [0.5, 0.6) is 5.75 Å². The number of aryl methyl sites for hydroxylation is 1. The number of rotatable bonds is 3. The van der Waals surface area contributed by atoms with Crippen molar-refractivity contribution < 1.29 is 9.53 Å². The van der Waals surface area contributed by atoms with E-state index in [0.29, 0.717) is 17.9 Å². The maximum atomic E-state index is 12.6. The molecule has 4 heteroatoms. The number of carbonyl (C=O) groups excluding carboxylic acids is 1. The lowest BCUT2D eigenvalue weighted by atomic mass is 9.80. The third-order valence-electron chi connectivity index (χ3n) is 4.34. The molecule has 1 aromatic carbocycles. The number of hydrogen-bond acceptors (Lipinski definition) is 3. The maximum Gasteiger partial charge on any atom is 0.257 e. The van der Waals surface area contributed by atoms with Crippen LogP contribution >= 0.6 is 0 Å². The third-order valence-corrected chi connectivity index (χ3v) is 4.34. The minimum Gasteiger partial charge on any atom is -0.496 e. The Balaban J connectivity index is 2.15. The molecule has 2 N–H and O–H groups in total. The molecule has 1 amide bonds. The summed E-state index contributed by atoms with van der Waals surface area (Å²) < 4.78 is 5.31. The van der Waals surface area contributed by atoms with E-state index in [1.807, 2.05) is 30.0 Å². The highest BCUT2D eigenvalue weighted by atomic mass is 16.5. The molecular weight excluding hydrogens is 252 g/mol. The molecule has 110 valence electrons. The van der Waals surface area contributed by atoms with Gasteiger partial charge in [0.05, 0.1) is 12.7 Å². The average molecular weight is 276 g/mol. The quantitative estimate of drug-likeness (QED) is 0.921. The summed E-state index contributed by atoms with van der Waals surface area (Å²) in [6, 6.07) is 5.71. The maximum absolute atomic E-state index is 12.6. The Morgan fingerprint density at radius 2 is 2.05 bits per heavy atom. The predicted octanol–water partition coefficient (Wildman–Crippen LogP) is 2.20. The van der Waals surface area contributed by atoms with Crippen LogP contribution in [0.3, 0.4) is 0 Å². The number of likely N-dealkylation sites (tertiary alicyclic amines) is 1. The molecule has 1 aliphatic heterocycles. The van der Waals surface area contributed by atoms with E-state index in [1.54, 1.807) is 7.11 Å². The SMILES string of the molecule is COc1ccc(C)cc1C(=O)N1CCC(C)(CN)CC1. The molecule has 0 spiro atoms. The summed E-state index contributed by atoms with van der Waals surface area (Å²) in [5, 5.41) is 0. The minimum atomic E-state index is 0.0598. The molecule has 0 radical (unpaired) electrons. The van der Waals surface area contributed by atoms with E-state index in [1.165, 1.54) is 0 Å². The fourth-order valence-electron chi connectivity index (χ4n) is 2.61. The van der Waals surface area contributed by atoms with Gasteiger partial charge in [-0.3, -0.25) is 4.79 Å². The molecule has 0 aromatic heterocycles. The number of hydrogen-bond donors (Lipinski definition) is 1. The summed E-state index contributed by atoms with van der Waals surface area (Å²) in [6.07, 6.45) is 1.92. The standard InChI is InChI=1S/C16H24N2O2/c1-12-4-5-14(20-3)13(10-12)15(19)18-8-6-16(2,11-17)7-9-18/h4-5,10H,6-9,11,17H2,1-3H3. The van der Waals surface area contributed by atoms with E-state index in [-0.39, 0.29) is 11.3 Å². The molecule has 1 heterocycles. The Morgan fingerprint density at radius 1 is 1.40 bits per heavy atom. The van der Waals surface area contributed by atoms with Gasteiger partial charge in [-0.05, 0) is 43.9 Å². The Labute approximate surface area is 120 Å². The Bertz CT molecular complexity index is 491. The van der Waals surface area contributed by atoms with Crippen molar-refractivity contribution in [2.24, 2.45) is 11.1 Å². The van der Waals surface area contributed by atoms with Gasteiger partial charge in [-0.2, -0.15) is 0 Å². The van der Waals surface area contributed by atoms with Crippen LogP contribution in [-0.2, 0) is 0 Å². The number of nitrogens with zero attached hydrogens (tertiary/aromatic N) is 1. The van der Waals surface area contributed by atoms with Crippen LogP contribution in [0.2, 0.25) is 0 Å². The smallest absolute Gasteiger partial charge is 0.257 e. The second kappa shape index (κ2) is 5.83. The van der Waals surface area contributed by atoms with Crippen LogP contribution in [0.15, 0.2) is 18.2 Å². The predicted molar refractivity (Wildman–Crippen MR) is 80.0 cm³/mol. The summed E-state index contributed by atoms with van der Waals surface area (Å²) in [5.41, 5.74) is 7.71. The number of nitrogens with two attached hydrogens (primary N) is 1. The van der Waals surface area contributed by atoms with Crippen molar-refractivity contribution in [2.45, 2.75) is 26.7 Å². The third kappa shape index (κ3) is 2.96. The molecule has 0 atom stereocenters. The Hall–Kier alpha value is -1.55. The van der Waals surface area contributed by atoms with E-state index < -0.39 is 0 Å². The van der Waals surface area contributed by atoms with Gasteiger partial charge in [0.2, 0.25) is 0 Å². The first-order chi connectivity index (χ1) is 9.49. The average Bonchev–Trinajstić information content (AvgIpc) is 2.47. The molecule has 1 fully saturated rings. The monoisotopic (exact) mass is 276 g/mol. The van der Waals surface area contributed by atoms with Crippen molar-refractivity contribution in [1.29, 1.82) is 0 Å². The summed E-state index contributed by atoms with van der Waals surface area (Å²) in [6.45, 7) is 6.40. The first-order valence-electron chi connectivity index (χ1n) is 7.13. The number of benzene rings is 1. The molecule has 1 aliphatic rings. The molecule has 0 unspecified atom stereocenters. The first kappa shape index (κ1) is 14.9. The highest BCUT2D eigenvalue weighted by molar-refractivity contribution is 5.97. The summed E-state index contributed by atoms with van der Waals surface area (Å²) >= 11 is 0. The van der Waals surface area contributed by atoms with Crippen LogP contribution in [0.4, 0.5) is 0 Å². The van der Waals surface area contributed by atoms with Crippen molar-refractivity contribution in [3.05, 3.63) is 29.3 Å². The van der Waals surface area contributed by atoms with Crippen LogP contribution in [-0.4, -0.2) is 37.6 Å². The van der Waals surface area contributed by atoms with E-state index >= 15 is 0 Å². The van der Waals surface area contributed by atoms with Crippen molar-refractivity contribution in [1.82, 2.24) is 4.90 Å². The summed E-state index contributed by atoms with van der Waals surface area (Å²) in [7, 11) is 1.60. The fraction of sp³-hybridized carbons (Fsp3) is 0.562. The summed E-state index contributed by atoms with van der Waals surface area (Å²) in [4.78, 5) is 14.6. The van der Waals surface area contributed by atoms with Crippen molar-refractivity contribution in [2.75, 3.05) is 26.7 Å². The molecule has 2 rings (SSSR count). The highest BCUT2D eigenvalue weighted by Gasteiger charge is 2.31. The lowest BCUT2D eigenvalue weighted by molar-refractivity contribution is 0.0614. The molecule has 0 aliphatic carbocycles. The lowest BCUT2D eigenvalue weighted by Crippen LogP contribution is -2.44. The Morgan fingerprint density at radius 3 is 2.60 bits per heavy atom. The van der Waals surface area contributed by atoms with Crippen molar-refractivity contribution in [3.63, 3.8) is 0 Å². The minimum absolute atomic E-state index is 0.0598. The number of carbonyl (C=O) groups is 1. The zero-order chi connectivity index (χ0) is 14.8. The van der Waals surface area contributed by atoms with Crippen LogP contribution in [0.1, 0.15) is 35.7 Å². The number of methoxy groups -OCH3 is 1. The van der Waals surface area contributed by atoms with Gasteiger partial charge in [-0.25, -0.2) is 0 Å². The van der Waals surface area contributed by atoms with Gasteiger partial charge >= 0.3 is 0 Å². The van der Waals surface area contributed by atoms with Crippen LogP contribution in [0.25, 0.3) is 0 Å². The van der Waals surface area contributed by atoms with Gasteiger partial charge in [0.25, 0.3) is 5.91 Å². The molecule has 0 saturated carbocycles.